The van der Waals surface area contributed by atoms with Crippen LogP contribution in [0.3, 0.4) is 0 Å². The maximum absolute atomic E-state index is 12.4. The van der Waals surface area contributed by atoms with Crippen molar-refractivity contribution in [3.8, 4) is 11.3 Å². The second kappa shape index (κ2) is 12.1. The van der Waals surface area contributed by atoms with Crippen molar-refractivity contribution in [2.24, 2.45) is 0 Å². The van der Waals surface area contributed by atoms with Gasteiger partial charge in [0.05, 0.1) is 12.2 Å². The first-order valence-electron chi connectivity index (χ1n) is 13.6. The number of piperazine rings is 1. The highest BCUT2D eigenvalue weighted by molar-refractivity contribution is 5.90. The van der Waals surface area contributed by atoms with Crippen LogP contribution in [0.5, 0.6) is 0 Å². The minimum absolute atomic E-state index is 0.140. The number of carbonyl (C=O) groups excluding carboxylic acids is 3. The first kappa shape index (κ1) is 28.4. The van der Waals surface area contributed by atoms with Crippen molar-refractivity contribution in [1.82, 2.24) is 20.4 Å². The molecule has 2 saturated heterocycles. The van der Waals surface area contributed by atoms with Gasteiger partial charge in [-0.05, 0) is 71.7 Å². The Labute approximate surface area is 229 Å². The van der Waals surface area contributed by atoms with Crippen molar-refractivity contribution >= 4 is 30.0 Å². The van der Waals surface area contributed by atoms with Crippen LogP contribution >= 0.6 is 0 Å². The van der Waals surface area contributed by atoms with E-state index in [4.69, 9.17) is 19.4 Å². The van der Waals surface area contributed by atoms with Gasteiger partial charge in [-0.25, -0.2) is 9.59 Å². The fourth-order valence-electron chi connectivity index (χ4n) is 5.22. The van der Waals surface area contributed by atoms with Crippen LogP contribution in [-0.4, -0.2) is 91.6 Å². The van der Waals surface area contributed by atoms with Gasteiger partial charge in [0.15, 0.2) is 5.82 Å². The van der Waals surface area contributed by atoms with Gasteiger partial charge in [0.25, 0.3) is 0 Å². The number of aldehydes is 1. The molecule has 1 aromatic heterocycles. The molecule has 2 amide bonds. The van der Waals surface area contributed by atoms with E-state index in [9.17, 15) is 9.59 Å². The van der Waals surface area contributed by atoms with Crippen molar-refractivity contribution in [3.05, 3.63) is 29.3 Å². The Balaban J connectivity index is 0.00000112. The number of rotatable bonds is 4. The summed E-state index contributed by atoms with van der Waals surface area (Å²) in [5, 5.41) is 11.1. The Hall–Kier alpha value is -3.60. The number of hydrogen-bond acceptors (Lipinski definition) is 8. The van der Waals surface area contributed by atoms with Crippen LogP contribution < -0.4 is 15.1 Å². The number of carbonyl (C=O) groups is 3. The molecule has 3 heterocycles. The quantitative estimate of drug-likeness (QED) is 0.567. The van der Waals surface area contributed by atoms with Crippen LogP contribution in [0, 0.1) is 0 Å². The lowest BCUT2D eigenvalue weighted by atomic mass is 10.0. The Kier molecular flexibility index (Phi) is 8.79. The zero-order chi connectivity index (χ0) is 28.2. The predicted molar refractivity (Wildman–Crippen MR) is 149 cm³/mol. The molecule has 1 unspecified atom stereocenters. The number of fused-ring (bicyclic) bond motifs is 3. The van der Waals surface area contributed by atoms with Crippen molar-refractivity contribution in [2.75, 3.05) is 56.1 Å². The molecule has 2 fully saturated rings. The smallest absolute Gasteiger partial charge is 0.414 e. The lowest BCUT2D eigenvalue weighted by molar-refractivity contribution is -0.106. The summed E-state index contributed by atoms with van der Waals surface area (Å²) in [6, 6.07) is 6.21. The Morgan fingerprint density at radius 1 is 1.23 bits per heavy atom. The summed E-state index contributed by atoms with van der Waals surface area (Å²) in [7, 11) is 1.86. The number of aromatic amines is 1. The normalized spacial score (nSPS) is 18.8. The number of cyclic esters (lactones) is 1. The Morgan fingerprint density at radius 3 is 2.62 bits per heavy atom. The highest BCUT2D eigenvalue weighted by Gasteiger charge is 2.33. The van der Waals surface area contributed by atoms with Crippen LogP contribution in [-0.2, 0) is 27.1 Å². The van der Waals surface area contributed by atoms with Crippen LogP contribution in [0.15, 0.2) is 18.2 Å². The molecule has 212 valence electrons. The van der Waals surface area contributed by atoms with E-state index in [-0.39, 0.29) is 18.3 Å². The van der Waals surface area contributed by atoms with E-state index in [1.807, 2.05) is 33.9 Å². The molecule has 11 nitrogen and oxygen atoms in total. The van der Waals surface area contributed by atoms with Gasteiger partial charge in [-0.1, -0.05) is 6.07 Å². The number of nitrogens with one attached hydrogen (secondary N) is 2. The molecule has 3 aliphatic rings. The van der Waals surface area contributed by atoms with E-state index in [1.54, 1.807) is 9.80 Å². The van der Waals surface area contributed by atoms with Crippen molar-refractivity contribution in [1.29, 1.82) is 0 Å². The summed E-state index contributed by atoms with van der Waals surface area (Å²) in [4.78, 5) is 39.4. The monoisotopic (exact) mass is 540 g/mol. The second-order valence-corrected chi connectivity index (χ2v) is 11.0. The molecule has 0 spiro atoms. The molecule has 2 aromatic rings. The third kappa shape index (κ3) is 6.52. The number of benzene rings is 1. The summed E-state index contributed by atoms with van der Waals surface area (Å²) in [5.74, 6) is 0.976. The third-order valence-electron chi connectivity index (χ3n) is 6.92. The molecule has 39 heavy (non-hydrogen) atoms. The fourth-order valence-corrected chi connectivity index (χ4v) is 5.22. The van der Waals surface area contributed by atoms with Gasteiger partial charge in [-0.2, -0.15) is 5.10 Å². The summed E-state index contributed by atoms with van der Waals surface area (Å²) < 4.78 is 11.0. The van der Waals surface area contributed by atoms with Crippen molar-refractivity contribution in [3.63, 3.8) is 0 Å². The van der Waals surface area contributed by atoms with Crippen molar-refractivity contribution < 1.29 is 23.9 Å². The summed E-state index contributed by atoms with van der Waals surface area (Å²) >= 11 is 0. The van der Waals surface area contributed by atoms with Crippen molar-refractivity contribution in [2.45, 2.75) is 58.7 Å². The summed E-state index contributed by atoms with van der Waals surface area (Å²) in [6.45, 7) is 10.9. The molecule has 0 radical (unpaired) electrons. The first-order chi connectivity index (χ1) is 18.6. The lowest BCUT2D eigenvalue weighted by Crippen LogP contribution is -2.50. The molecule has 0 saturated carbocycles. The highest BCUT2D eigenvalue weighted by Crippen LogP contribution is 2.38. The number of amides is 2. The Bertz CT molecular complexity index is 1180. The van der Waals surface area contributed by atoms with Gasteiger partial charge >= 0.3 is 12.2 Å². The SMILES string of the molecule is CC=O.CNCC1CN(c2ccc3c(c2)CCCc2c(N4CCN(C(=O)OC(C)(C)C)CC4)n[nH]c2-3)C(=O)O1. The molecule has 1 aliphatic carbocycles. The van der Waals surface area contributed by atoms with E-state index in [0.29, 0.717) is 39.3 Å². The minimum Gasteiger partial charge on any atom is -0.444 e. The number of anilines is 2. The topological polar surface area (TPSA) is 120 Å². The van der Waals surface area contributed by atoms with E-state index >= 15 is 0 Å². The van der Waals surface area contributed by atoms with Gasteiger partial charge < -0.3 is 29.4 Å². The number of H-pyrrole nitrogens is 1. The number of likely N-dealkylation sites (N-methyl/N-ethyl adjacent to an activating group) is 1. The van der Waals surface area contributed by atoms with Gasteiger partial charge in [-0.15, -0.1) is 0 Å². The standard InChI is InChI=1S/C26H36N6O4.C2H4O/c1-26(2,3)36-24(33)31-12-10-30(11-13-31)23-21-7-5-6-17-14-18(8-9-20(17)22(21)28-29-23)32-16-19(15-27-4)35-25(32)34;1-2-3/h8-9,14,19,27H,5-7,10-13,15-16H2,1-4H3,(H,28,29);2H,1H3. The largest absolute Gasteiger partial charge is 0.444 e. The zero-order valence-corrected chi connectivity index (χ0v) is 23.6. The number of aromatic nitrogens is 2. The molecule has 0 bridgehead atoms. The zero-order valence-electron chi connectivity index (χ0n) is 23.6. The second-order valence-electron chi connectivity index (χ2n) is 11.0. The van der Waals surface area contributed by atoms with Crippen LogP contribution in [0.4, 0.5) is 21.1 Å². The molecule has 5 rings (SSSR count). The number of nitrogens with zero attached hydrogens (tertiary/aromatic N) is 4. The molecule has 11 heteroatoms. The van der Waals surface area contributed by atoms with E-state index < -0.39 is 5.60 Å². The highest BCUT2D eigenvalue weighted by atomic mass is 16.6. The Morgan fingerprint density at radius 2 is 1.95 bits per heavy atom. The fraction of sp³-hybridized carbons (Fsp3) is 0.571. The molecule has 1 aromatic carbocycles. The number of ether oxygens (including phenoxy) is 2. The molecular formula is C28H40N6O5. The van der Waals surface area contributed by atoms with Gasteiger partial charge in [0.2, 0.25) is 0 Å². The van der Waals surface area contributed by atoms with Gasteiger partial charge in [-0.3, -0.25) is 10.00 Å². The lowest BCUT2D eigenvalue weighted by Gasteiger charge is -2.36. The molecular weight excluding hydrogens is 500 g/mol. The van der Waals surface area contributed by atoms with Crippen LogP contribution in [0.1, 0.15) is 45.2 Å². The maximum Gasteiger partial charge on any atom is 0.414 e. The molecule has 2 aliphatic heterocycles. The number of hydrogen-bond donors (Lipinski definition) is 2. The van der Waals surface area contributed by atoms with Gasteiger partial charge in [0.1, 0.15) is 18.0 Å². The van der Waals surface area contributed by atoms with Crippen LogP contribution in [0.25, 0.3) is 11.3 Å². The third-order valence-corrected chi connectivity index (χ3v) is 6.92. The van der Waals surface area contributed by atoms with E-state index in [1.165, 1.54) is 18.1 Å². The van der Waals surface area contributed by atoms with E-state index in [0.717, 1.165) is 48.3 Å². The minimum atomic E-state index is -0.496. The maximum atomic E-state index is 12.4. The first-order valence-corrected chi connectivity index (χ1v) is 13.6. The van der Waals surface area contributed by atoms with Crippen LogP contribution in [0.2, 0.25) is 0 Å². The average molecular weight is 541 g/mol. The predicted octanol–water partition coefficient (Wildman–Crippen LogP) is 3.37. The average Bonchev–Trinajstić information content (AvgIpc) is 3.42. The number of aryl methyl sites for hydroxylation is 1. The molecule has 2 N–H and O–H groups in total. The van der Waals surface area contributed by atoms with Gasteiger partial charge in [0, 0.05) is 49.5 Å². The van der Waals surface area contributed by atoms with E-state index in [2.05, 4.69) is 27.4 Å². The molecule has 1 atom stereocenters. The summed E-state index contributed by atoms with van der Waals surface area (Å²) in [6.07, 6.45) is 2.92. The summed E-state index contributed by atoms with van der Waals surface area (Å²) in [5.41, 5.74) is 5.00.